The minimum absolute atomic E-state index is 0.648. The Hall–Kier alpha value is -2.10. The Morgan fingerprint density at radius 2 is 1.77 bits per heavy atom. The monoisotopic (exact) mass is 435 g/mol. The summed E-state index contributed by atoms with van der Waals surface area (Å²) in [4.78, 5) is 7.52. The van der Waals surface area contributed by atoms with Gasteiger partial charge >= 0.3 is 0 Å². The molecule has 1 saturated heterocycles. The van der Waals surface area contributed by atoms with Gasteiger partial charge in [-0.1, -0.05) is 61.2 Å². The zero-order valence-corrected chi connectivity index (χ0v) is 19.2. The lowest BCUT2D eigenvalue weighted by Crippen LogP contribution is -2.26. The zero-order chi connectivity index (χ0) is 21.3. The smallest absolute Gasteiger partial charge is 0.0708 e. The van der Waals surface area contributed by atoms with Crippen LogP contribution in [0.4, 0.5) is 0 Å². The molecular weight excluding hydrogens is 402 g/mol. The third kappa shape index (κ3) is 6.69. The van der Waals surface area contributed by atoms with E-state index in [9.17, 15) is 0 Å². The van der Waals surface area contributed by atoms with Crippen molar-refractivity contribution < 1.29 is 0 Å². The third-order valence-corrected chi connectivity index (χ3v) is 6.62. The Bertz CT molecular complexity index is 876. The first kappa shape index (κ1) is 22.1. The molecule has 1 aromatic carbocycles. The summed E-state index contributed by atoms with van der Waals surface area (Å²) in [5.74, 6) is 0. The van der Waals surface area contributed by atoms with Crippen LogP contribution in [0.15, 0.2) is 60.8 Å². The molecule has 1 aliphatic carbocycles. The van der Waals surface area contributed by atoms with E-state index >= 15 is 0 Å². The molecule has 0 bridgehead atoms. The molecule has 3 nitrogen and oxygen atoms in total. The fraction of sp³-hybridized carbons (Fsp3) is 0.444. The van der Waals surface area contributed by atoms with Crippen molar-refractivity contribution in [3.63, 3.8) is 0 Å². The molecule has 0 unspecified atom stereocenters. The lowest BCUT2D eigenvalue weighted by molar-refractivity contribution is 0.377. The van der Waals surface area contributed by atoms with Crippen molar-refractivity contribution >= 4 is 17.2 Å². The lowest BCUT2D eigenvalue weighted by atomic mass is 9.96. The van der Waals surface area contributed by atoms with Crippen LogP contribution in [0, 0.1) is 0 Å². The van der Waals surface area contributed by atoms with Gasteiger partial charge in [0, 0.05) is 35.3 Å². The van der Waals surface area contributed by atoms with Crippen molar-refractivity contribution in [2.75, 3.05) is 19.6 Å². The molecule has 0 spiro atoms. The lowest BCUT2D eigenvalue weighted by Gasteiger charge is -2.21. The summed E-state index contributed by atoms with van der Waals surface area (Å²) < 4.78 is 0. The number of benzene rings is 1. The average molecular weight is 436 g/mol. The highest BCUT2D eigenvalue weighted by Gasteiger charge is 2.13. The van der Waals surface area contributed by atoms with E-state index < -0.39 is 0 Å². The van der Waals surface area contributed by atoms with E-state index in [0.29, 0.717) is 6.04 Å². The Morgan fingerprint density at radius 3 is 2.55 bits per heavy atom. The van der Waals surface area contributed by atoms with Crippen LogP contribution in [0.3, 0.4) is 0 Å². The molecule has 0 radical (unpaired) electrons. The van der Waals surface area contributed by atoms with E-state index in [2.05, 4.69) is 58.9 Å². The van der Waals surface area contributed by atoms with Gasteiger partial charge in [-0.05, 0) is 74.8 Å². The molecule has 1 saturated carbocycles. The van der Waals surface area contributed by atoms with E-state index in [4.69, 9.17) is 16.6 Å². The fourth-order valence-corrected chi connectivity index (χ4v) is 4.71. The molecule has 2 fully saturated rings. The maximum atomic E-state index is 6.14. The summed E-state index contributed by atoms with van der Waals surface area (Å²) in [6.45, 7) is 3.35. The molecule has 4 rings (SSSR count). The van der Waals surface area contributed by atoms with Gasteiger partial charge in [0.1, 0.15) is 0 Å². The van der Waals surface area contributed by atoms with Gasteiger partial charge in [-0.3, -0.25) is 9.88 Å². The van der Waals surface area contributed by atoms with Gasteiger partial charge in [-0.25, -0.2) is 0 Å². The molecule has 2 aromatic rings. The number of rotatable bonds is 8. The van der Waals surface area contributed by atoms with Crippen molar-refractivity contribution in [2.24, 2.45) is 0 Å². The highest BCUT2D eigenvalue weighted by molar-refractivity contribution is 6.30. The number of aromatic nitrogens is 1. The summed E-state index contributed by atoms with van der Waals surface area (Å²) >= 11 is 6.14. The first-order valence-electron chi connectivity index (χ1n) is 11.8. The van der Waals surface area contributed by atoms with Crippen LogP contribution in [0.5, 0.6) is 0 Å². The molecular formula is C27H34ClN3. The molecule has 4 heteroatoms. The minimum atomic E-state index is 0.648. The third-order valence-electron chi connectivity index (χ3n) is 6.37. The molecule has 2 heterocycles. The van der Waals surface area contributed by atoms with Gasteiger partial charge in [-0.2, -0.15) is 0 Å². The number of halogens is 1. The molecule has 31 heavy (non-hydrogen) atoms. The standard InChI is InChI=1S/C27H34ClN3/c28-23-15-13-22(14-16-23)26(17-21-31-19-4-5-20-31)27-12-6-10-25(30-27)11-7-18-29-24-8-2-1-3-9-24/h6-7,10,12-18,24,29H,1-5,8-9,11,19-21H2. The van der Waals surface area contributed by atoms with E-state index in [1.165, 1.54) is 69.2 Å². The predicted octanol–water partition coefficient (Wildman–Crippen LogP) is 6.24. The van der Waals surface area contributed by atoms with Gasteiger partial charge in [0.2, 0.25) is 0 Å². The second kappa shape index (κ2) is 11.5. The van der Waals surface area contributed by atoms with Crippen molar-refractivity contribution in [2.45, 2.75) is 57.4 Å². The number of allylic oxidation sites excluding steroid dienone is 1. The average Bonchev–Trinajstić information content (AvgIpc) is 3.33. The van der Waals surface area contributed by atoms with Crippen molar-refractivity contribution in [1.29, 1.82) is 0 Å². The highest BCUT2D eigenvalue weighted by Crippen LogP contribution is 2.24. The summed E-state index contributed by atoms with van der Waals surface area (Å²) in [5, 5.41) is 4.34. The topological polar surface area (TPSA) is 28.2 Å². The second-order valence-corrected chi connectivity index (χ2v) is 9.19. The van der Waals surface area contributed by atoms with Gasteiger partial charge in [0.25, 0.3) is 0 Å². The van der Waals surface area contributed by atoms with E-state index in [0.717, 1.165) is 29.4 Å². The van der Waals surface area contributed by atoms with Crippen LogP contribution in [-0.4, -0.2) is 35.6 Å². The Balaban J connectivity index is 1.46. The van der Waals surface area contributed by atoms with Crippen molar-refractivity contribution in [3.8, 4) is 0 Å². The number of hydrogen-bond acceptors (Lipinski definition) is 3. The molecule has 164 valence electrons. The summed E-state index contributed by atoms with van der Waals surface area (Å²) in [5.41, 5.74) is 4.49. The summed E-state index contributed by atoms with van der Waals surface area (Å²) in [6, 6.07) is 15.1. The van der Waals surface area contributed by atoms with Crippen LogP contribution in [0.25, 0.3) is 5.57 Å². The van der Waals surface area contributed by atoms with Crippen LogP contribution in [-0.2, 0) is 6.42 Å². The van der Waals surface area contributed by atoms with Crippen LogP contribution in [0.1, 0.15) is 61.9 Å². The van der Waals surface area contributed by atoms with E-state index in [-0.39, 0.29) is 0 Å². The van der Waals surface area contributed by atoms with Crippen molar-refractivity contribution in [3.05, 3.63) is 82.8 Å². The van der Waals surface area contributed by atoms with Crippen LogP contribution in [0.2, 0.25) is 5.02 Å². The van der Waals surface area contributed by atoms with Gasteiger partial charge in [0.05, 0.1) is 5.69 Å². The van der Waals surface area contributed by atoms with Crippen LogP contribution < -0.4 is 5.32 Å². The van der Waals surface area contributed by atoms with Crippen LogP contribution >= 0.6 is 11.6 Å². The normalized spacial score (nSPS) is 18.7. The van der Waals surface area contributed by atoms with E-state index in [1.807, 2.05) is 12.1 Å². The quantitative estimate of drug-likeness (QED) is 0.531. The maximum Gasteiger partial charge on any atom is 0.0708 e. The van der Waals surface area contributed by atoms with Gasteiger partial charge < -0.3 is 5.32 Å². The molecule has 2 aliphatic rings. The van der Waals surface area contributed by atoms with E-state index in [1.54, 1.807) is 0 Å². The second-order valence-electron chi connectivity index (χ2n) is 8.75. The Labute approximate surface area is 192 Å². The molecule has 1 aromatic heterocycles. The predicted molar refractivity (Wildman–Crippen MR) is 131 cm³/mol. The SMILES string of the molecule is Clc1ccc(C(=CCN2CCCC2)c2cccc(CC=CNC3CCCCC3)n2)cc1. The summed E-state index contributed by atoms with van der Waals surface area (Å²) in [7, 11) is 0. The zero-order valence-electron chi connectivity index (χ0n) is 18.4. The summed E-state index contributed by atoms with van der Waals surface area (Å²) in [6.07, 6.45) is 16.8. The van der Waals surface area contributed by atoms with Gasteiger partial charge in [0.15, 0.2) is 0 Å². The number of hydrogen-bond donors (Lipinski definition) is 1. The molecule has 1 aliphatic heterocycles. The Kier molecular flexibility index (Phi) is 8.20. The molecule has 0 atom stereocenters. The first-order chi connectivity index (χ1) is 15.3. The Morgan fingerprint density at radius 1 is 1.00 bits per heavy atom. The number of nitrogens with zero attached hydrogens (tertiary/aromatic N) is 2. The molecule has 1 N–H and O–H groups in total. The number of nitrogens with one attached hydrogen (secondary N) is 1. The fourth-order valence-electron chi connectivity index (χ4n) is 4.58. The number of likely N-dealkylation sites (tertiary alicyclic amines) is 1. The first-order valence-corrected chi connectivity index (χ1v) is 12.2. The largest absolute Gasteiger partial charge is 0.388 e. The van der Waals surface area contributed by atoms with Crippen molar-refractivity contribution in [1.82, 2.24) is 15.2 Å². The minimum Gasteiger partial charge on any atom is -0.388 e. The van der Waals surface area contributed by atoms with Gasteiger partial charge in [-0.15, -0.1) is 0 Å². The number of pyridine rings is 1. The maximum absolute atomic E-state index is 6.14. The highest BCUT2D eigenvalue weighted by atomic mass is 35.5. The molecule has 0 amide bonds.